The lowest BCUT2D eigenvalue weighted by Gasteiger charge is -2.09. The van der Waals surface area contributed by atoms with Crippen molar-refractivity contribution in [1.29, 1.82) is 0 Å². The van der Waals surface area contributed by atoms with Crippen LogP contribution in [0, 0.1) is 0 Å². The van der Waals surface area contributed by atoms with Crippen LogP contribution in [0.5, 0.6) is 0 Å². The Hall–Kier alpha value is -2.03. The lowest BCUT2D eigenvalue weighted by molar-refractivity contribution is -0.137. The molecule has 0 heterocycles. The van der Waals surface area contributed by atoms with Crippen LogP contribution >= 0.6 is 0 Å². The summed E-state index contributed by atoms with van der Waals surface area (Å²) in [6.07, 6.45) is 22.4. The Morgan fingerprint density at radius 2 is 1.55 bits per heavy atom. The average Bonchev–Trinajstić information content (AvgIpc) is 2.73. The summed E-state index contributed by atoms with van der Waals surface area (Å²) in [7, 11) is 0. The molecule has 29 heavy (non-hydrogen) atoms. The quantitative estimate of drug-likeness (QED) is 0.127. The molecular formula is C26H41NO2. The molecule has 1 N–H and O–H groups in total. The Morgan fingerprint density at radius 1 is 0.897 bits per heavy atom. The highest BCUT2D eigenvalue weighted by molar-refractivity contribution is 5.88. The largest absolute Gasteiger partial charge is 0.463 e. The Morgan fingerprint density at radius 3 is 2.28 bits per heavy atom. The van der Waals surface area contributed by atoms with Gasteiger partial charge in [-0.2, -0.15) is 0 Å². The Balaban J connectivity index is 2.11. The van der Waals surface area contributed by atoms with Crippen molar-refractivity contribution in [3.63, 3.8) is 0 Å². The molecule has 1 aromatic rings. The van der Waals surface area contributed by atoms with E-state index < -0.39 is 0 Å². The SMILES string of the molecule is CCCCCCCCCCC=CCCCNc1ccccc1C=CC(=O)OCC. The van der Waals surface area contributed by atoms with Gasteiger partial charge in [0.25, 0.3) is 0 Å². The normalized spacial score (nSPS) is 11.4. The third-order valence-corrected chi connectivity index (χ3v) is 4.90. The summed E-state index contributed by atoms with van der Waals surface area (Å²) in [5.41, 5.74) is 2.06. The van der Waals surface area contributed by atoms with E-state index in [1.165, 1.54) is 63.9 Å². The number of unbranched alkanes of at least 4 members (excludes halogenated alkanes) is 9. The second kappa shape index (κ2) is 18.0. The zero-order valence-electron chi connectivity index (χ0n) is 18.6. The van der Waals surface area contributed by atoms with Gasteiger partial charge in [0.2, 0.25) is 0 Å². The summed E-state index contributed by atoms with van der Waals surface area (Å²) >= 11 is 0. The zero-order valence-corrected chi connectivity index (χ0v) is 18.6. The molecule has 0 aliphatic carbocycles. The van der Waals surface area contributed by atoms with Crippen LogP contribution in [0.25, 0.3) is 6.08 Å². The zero-order chi connectivity index (χ0) is 21.0. The van der Waals surface area contributed by atoms with Crippen LogP contribution in [0.3, 0.4) is 0 Å². The van der Waals surface area contributed by atoms with Crippen molar-refractivity contribution in [3.8, 4) is 0 Å². The molecule has 3 heteroatoms. The van der Waals surface area contributed by atoms with Crippen molar-refractivity contribution in [3.05, 3.63) is 48.1 Å². The molecule has 0 spiro atoms. The van der Waals surface area contributed by atoms with Crippen LogP contribution in [0.4, 0.5) is 5.69 Å². The summed E-state index contributed by atoms with van der Waals surface area (Å²) < 4.78 is 4.94. The van der Waals surface area contributed by atoms with E-state index in [-0.39, 0.29) is 5.97 Å². The van der Waals surface area contributed by atoms with Gasteiger partial charge >= 0.3 is 5.97 Å². The lowest BCUT2D eigenvalue weighted by Crippen LogP contribution is -2.03. The van der Waals surface area contributed by atoms with Gasteiger partial charge in [0.1, 0.15) is 0 Å². The van der Waals surface area contributed by atoms with Crippen LogP contribution in [0.2, 0.25) is 0 Å². The number of esters is 1. The maximum Gasteiger partial charge on any atom is 0.330 e. The smallest absolute Gasteiger partial charge is 0.330 e. The van der Waals surface area contributed by atoms with Gasteiger partial charge in [-0.3, -0.25) is 0 Å². The predicted octanol–water partition coefficient (Wildman–Crippen LogP) is 7.54. The molecule has 1 rings (SSSR count). The third kappa shape index (κ3) is 13.7. The summed E-state index contributed by atoms with van der Waals surface area (Å²) in [6.45, 7) is 5.40. The van der Waals surface area contributed by atoms with Gasteiger partial charge < -0.3 is 10.1 Å². The van der Waals surface area contributed by atoms with E-state index >= 15 is 0 Å². The molecule has 0 saturated carbocycles. The Bertz CT molecular complexity index is 592. The number of allylic oxidation sites excluding steroid dienone is 2. The number of hydrogen-bond donors (Lipinski definition) is 1. The minimum atomic E-state index is -0.302. The van der Waals surface area contributed by atoms with Crippen LogP contribution < -0.4 is 5.32 Å². The highest BCUT2D eigenvalue weighted by Crippen LogP contribution is 2.17. The van der Waals surface area contributed by atoms with E-state index in [0.717, 1.165) is 30.6 Å². The topological polar surface area (TPSA) is 38.3 Å². The number of hydrogen-bond acceptors (Lipinski definition) is 3. The molecule has 0 bridgehead atoms. The van der Waals surface area contributed by atoms with Crippen molar-refractivity contribution >= 4 is 17.7 Å². The summed E-state index contributed by atoms with van der Waals surface area (Å²) in [6, 6.07) is 8.03. The van der Waals surface area contributed by atoms with Crippen LogP contribution in [0.1, 0.15) is 90.0 Å². The van der Waals surface area contributed by atoms with Crippen molar-refractivity contribution in [1.82, 2.24) is 0 Å². The molecule has 0 radical (unpaired) electrons. The van der Waals surface area contributed by atoms with Crippen LogP contribution in [-0.2, 0) is 9.53 Å². The van der Waals surface area contributed by atoms with Gasteiger partial charge in [-0.05, 0) is 50.3 Å². The number of para-hydroxylation sites is 1. The van der Waals surface area contributed by atoms with E-state index in [1.807, 2.05) is 37.3 Å². The minimum Gasteiger partial charge on any atom is -0.463 e. The van der Waals surface area contributed by atoms with E-state index in [4.69, 9.17) is 4.74 Å². The molecule has 162 valence electrons. The first-order chi connectivity index (χ1) is 14.3. The fraction of sp³-hybridized carbons (Fsp3) is 0.577. The molecule has 0 saturated heterocycles. The van der Waals surface area contributed by atoms with Gasteiger partial charge in [0.15, 0.2) is 0 Å². The van der Waals surface area contributed by atoms with E-state index in [0.29, 0.717) is 6.61 Å². The maximum atomic E-state index is 11.5. The highest BCUT2D eigenvalue weighted by Gasteiger charge is 1.99. The fourth-order valence-corrected chi connectivity index (χ4v) is 3.23. The van der Waals surface area contributed by atoms with Crippen LogP contribution in [0.15, 0.2) is 42.5 Å². The Kier molecular flexibility index (Phi) is 15.5. The first kappa shape index (κ1) is 25.0. The number of nitrogens with one attached hydrogen (secondary N) is 1. The number of ether oxygens (including phenoxy) is 1. The Labute approximate surface area is 178 Å². The number of carbonyl (C=O) groups is 1. The summed E-state index contributed by atoms with van der Waals surface area (Å²) in [5, 5.41) is 3.47. The van der Waals surface area contributed by atoms with Crippen molar-refractivity contribution in [2.45, 2.75) is 84.5 Å². The minimum absolute atomic E-state index is 0.302. The van der Waals surface area contributed by atoms with Crippen LogP contribution in [-0.4, -0.2) is 19.1 Å². The number of benzene rings is 1. The number of rotatable bonds is 17. The summed E-state index contributed by atoms with van der Waals surface area (Å²) in [4.78, 5) is 11.5. The maximum absolute atomic E-state index is 11.5. The van der Waals surface area contributed by atoms with Crippen molar-refractivity contribution < 1.29 is 9.53 Å². The third-order valence-electron chi connectivity index (χ3n) is 4.90. The van der Waals surface area contributed by atoms with E-state index in [2.05, 4.69) is 24.4 Å². The van der Waals surface area contributed by atoms with Gasteiger partial charge in [-0.25, -0.2) is 4.79 Å². The van der Waals surface area contributed by atoms with Gasteiger partial charge in [0, 0.05) is 18.3 Å². The molecule has 0 atom stereocenters. The molecule has 1 aromatic carbocycles. The number of anilines is 1. The standard InChI is InChI=1S/C26H41NO2/c1-3-5-6-7-8-9-10-11-12-13-14-15-18-23-27-25-20-17-16-19-24(25)21-22-26(28)29-4-2/h13-14,16-17,19-22,27H,3-12,15,18,23H2,1-2H3. The monoisotopic (exact) mass is 399 g/mol. The molecule has 0 aliphatic heterocycles. The average molecular weight is 400 g/mol. The lowest BCUT2D eigenvalue weighted by atomic mass is 10.1. The predicted molar refractivity (Wildman–Crippen MR) is 126 cm³/mol. The second-order valence-electron chi connectivity index (χ2n) is 7.48. The van der Waals surface area contributed by atoms with E-state index in [9.17, 15) is 4.79 Å². The highest BCUT2D eigenvalue weighted by atomic mass is 16.5. The molecule has 3 nitrogen and oxygen atoms in total. The first-order valence-corrected chi connectivity index (χ1v) is 11.6. The van der Waals surface area contributed by atoms with Gasteiger partial charge in [-0.15, -0.1) is 0 Å². The van der Waals surface area contributed by atoms with Gasteiger partial charge in [-0.1, -0.05) is 82.2 Å². The molecule has 0 amide bonds. The first-order valence-electron chi connectivity index (χ1n) is 11.6. The summed E-state index contributed by atoms with van der Waals surface area (Å²) in [5.74, 6) is -0.302. The molecular weight excluding hydrogens is 358 g/mol. The van der Waals surface area contributed by atoms with Gasteiger partial charge in [0.05, 0.1) is 6.61 Å². The van der Waals surface area contributed by atoms with E-state index in [1.54, 1.807) is 0 Å². The fourth-order valence-electron chi connectivity index (χ4n) is 3.23. The molecule has 0 fully saturated rings. The molecule has 0 aliphatic rings. The molecule has 0 aromatic heterocycles. The van der Waals surface area contributed by atoms with Crippen molar-refractivity contribution in [2.24, 2.45) is 0 Å². The second-order valence-corrected chi connectivity index (χ2v) is 7.48. The van der Waals surface area contributed by atoms with Crippen molar-refractivity contribution in [2.75, 3.05) is 18.5 Å². The molecule has 0 unspecified atom stereocenters. The number of carbonyl (C=O) groups excluding carboxylic acids is 1.